The summed E-state index contributed by atoms with van der Waals surface area (Å²) in [5, 5.41) is 2.56. The van der Waals surface area contributed by atoms with Crippen LogP contribution in [-0.4, -0.2) is 42.4 Å². The summed E-state index contributed by atoms with van der Waals surface area (Å²) in [6, 6.07) is 4.47. The standard InChI is InChI=1S/C14H22FN3OS/c1-4-11(9-20-3)18(2)8-14(19)17-13-7-10(16)5-6-12(13)15/h5-7,11H,4,8-9,16H2,1-3H3,(H,17,19). The smallest absolute Gasteiger partial charge is 0.238 e. The third-order valence-corrected chi connectivity index (χ3v) is 3.83. The summed E-state index contributed by atoms with van der Waals surface area (Å²) < 4.78 is 13.5. The molecule has 0 spiro atoms. The summed E-state index contributed by atoms with van der Waals surface area (Å²) in [5.74, 6) is 0.246. The molecule has 0 aromatic heterocycles. The van der Waals surface area contributed by atoms with Gasteiger partial charge in [-0.2, -0.15) is 11.8 Å². The lowest BCUT2D eigenvalue weighted by molar-refractivity contribution is -0.117. The van der Waals surface area contributed by atoms with Crippen molar-refractivity contribution >= 4 is 29.0 Å². The highest BCUT2D eigenvalue weighted by molar-refractivity contribution is 7.98. The number of likely N-dealkylation sites (N-methyl/N-ethyl adjacent to an activating group) is 1. The highest BCUT2D eigenvalue weighted by atomic mass is 32.2. The van der Waals surface area contributed by atoms with Crippen LogP contribution in [0.4, 0.5) is 15.8 Å². The first-order valence-electron chi connectivity index (χ1n) is 6.52. The zero-order valence-electron chi connectivity index (χ0n) is 12.1. The van der Waals surface area contributed by atoms with Crippen LogP contribution >= 0.6 is 11.8 Å². The van der Waals surface area contributed by atoms with Crippen molar-refractivity contribution in [3.63, 3.8) is 0 Å². The van der Waals surface area contributed by atoms with Crippen LogP contribution in [0.15, 0.2) is 18.2 Å². The normalized spacial score (nSPS) is 12.4. The van der Waals surface area contributed by atoms with Gasteiger partial charge >= 0.3 is 0 Å². The SMILES string of the molecule is CCC(CSC)N(C)CC(=O)Nc1cc(N)ccc1F. The van der Waals surface area contributed by atoms with E-state index in [1.165, 1.54) is 18.2 Å². The van der Waals surface area contributed by atoms with E-state index >= 15 is 0 Å². The zero-order valence-corrected chi connectivity index (χ0v) is 13.0. The minimum atomic E-state index is -0.480. The summed E-state index contributed by atoms with van der Waals surface area (Å²) in [6.07, 6.45) is 3.01. The van der Waals surface area contributed by atoms with E-state index in [4.69, 9.17) is 5.73 Å². The number of nitrogens with one attached hydrogen (secondary N) is 1. The summed E-state index contributed by atoms with van der Waals surface area (Å²) >= 11 is 1.75. The summed E-state index contributed by atoms with van der Waals surface area (Å²) in [4.78, 5) is 13.9. The van der Waals surface area contributed by atoms with Crippen LogP contribution in [0.25, 0.3) is 0 Å². The lowest BCUT2D eigenvalue weighted by Crippen LogP contribution is -2.39. The van der Waals surface area contributed by atoms with Gasteiger partial charge in [0, 0.05) is 17.5 Å². The Bertz CT molecular complexity index is 456. The first-order valence-corrected chi connectivity index (χ1v) is 7.91. The molecule has 1 rings (SSSR count). The van der Waals surface area contributed by atoms with Gasteiger partial charge in [0.2, 0.25) is 5.91 Å². The monoisotopic (exact) mass is 299 g/mol. The number of hydrogen-bond donors (Lipinski definition) is 2. The van der Waals surface area contributed by atoms with E-state index in [0.717, 1.165) is 12.2 Å². The van der Waals surface area contributed by atoms with Gasteiger partial charge in [0.15, 0.2) is 0 Å². The Morgan fingerprint density at radius 2 is 2.25 bits per heavy atom. The molecule has 1 unspecified atom stereocenters. The molecule has 20 heavy (non-hydrogen) atoms. The maximum atomic E-state index is 13.5. The molecular formula is C14H22FN3OS. The number of nitrogens with two attached hydrogens (primary N) is 1. The number of anilines is 2. The Balaban J connectivity index is 2.60. The van der Waals surface area contributed by atoms with Crippen molar-refractivity contribution in [2.75, 3.05) is 36.7 Å². The van der Waals surface area contributed by atoms with Crippen molar-refractivity contribution in [3.8, 4) is 0 Å². The fraction of sp³-hybridized carbons (Fsp3) is 0.500. The third kappa shape index (κ3) is 5.02. The Morgan fingerprint density at radius 1 is 1.55 bits per heavy atom. The van der Waals surface area contributed by atoms with Gasteiger partial charge in [-0.15, -0.1) is 0 Å². The van der Waals surface area contributed by atoms with Gasteiger partial charge in [0.1, 0.15) is 5.82 Å². The van der Waals surface area contributed by atoms with Crippen molar-refractivity contribution < 1.29 is 9.18 Å². The summed E-state index contributed by atoms with van der Waals surface area (Å²) in [7, 11) is 1.90. The number of halogens is 1. The molecule has 0 fully saturated rings. The molecule has 1 amide bonds. The van der Waals surface area contributed by atoms with Crippen molar-refractivity contribution in [1.82, 2.24) is 4.90 Å². The second-order valence-electron chi connectivity index (χ2n) is 4.72. The molecule has 1 aromatic rings. The van der Waals surface area contributed by atoms with Crippen molar-refractivity contribution in [2.45, 2.75) is 19.4 Å². The van der Waals surface area contributed by atoms with Gasteiger partial charge in [0.25, 0.3) is 0 Å². The molecule has 6 heteroatoms. The van der Waals surface area contributed by atoms with E-state index in [2.05, 4.69) is 12.2 Å². The molecule has 1 atom stereocenters. The van der Waals surface area contributed by atoms with Crippen LogP contribution in [0.1, 0.15) is 13.3 Å². The number of rotatable bonds is 7. The zero-order chi connectivity index (χ0) is 15.1. The van der Waals surface area contributed by atoms with Crippen LogP contribution in [0.5, 0.6) is 0 Å². The molecule has 0 saturated heterocycles. The van der Waals surface area contributed by atoms with E-state index in [-0.39, 0.29) is 18.1 Å². The highest BCUT2D eigenvalue weighted by Gasteiger charge is 2.16. The van der Waals surface area contributed by atoms with E-state index < -0.39 is 5.82 Å². The van der Waals surface area contributed by atoms with Crippen molar-refractivity contribution in [3.05, 3.63) is 24.0 Å². The van der Waals surface area contributed by atoms with Gasteiger partial charge in [-0.25, -0.2) is 4.39 Å². The highest BCUT2D eigenvalue weighted by Crippen LogP contribution is 2.17. The third-order valence-electron chi connectivity index (χ3n) is 3.11. The van der Waals surface area contributed by atoms with E-state index in [9.17, 15) is 9.18 Å². The average Bonchev–Trinajstić information content (AvgIpc) is 2.39. The maximum absolute atomic E-state index is 13.5. The van der Waals surface area contributed by atoms with Crippen LogP contribution in [-0.2, 0) is 4.79 Å². The quantitative estimate of drug-likeness (QED) is 0.759. The first-order chi connectivity index (χ1) is 9.47. The Morgan fingerprint density at radius 3 is 2.85 bits per heavy atom. The molecule has 0 aliphatic carbocycles. The molecular weight excluding hydrogens is 277 g/mol. The fourth-order valence-electron chi connectivity index (χ4n) is 1.93. The first kappa shape index (κ1) is 16.8. The lowest BCUT2D eigenvalue weighted by Gasteiger charge is -2.25. The van der Waals surface area contributed by atoms with Gasteiger partial charge in [-0.1, -0.05) is 6.92 Å². The van der Waals surface area contributed by atoms with Crippen LogP contribution in [0, 0.1) is 5.82 Å². The van der Waals surface area contributed by atoms with E-state index in [0.29, 0.717) is 11.7 Å². The number of thioether (sulfide) groups is 1. The number of carbonyl (C=O) groups is 1. The molecule has 0 aliphatic heterocycles. The molecule has 4 nitrogen and oxygen atoms in total. The predicted octanol–water partition coefficient (Wildman–Crippen LogP) is 2.42. The fourth-order valence-corrected chi connectivity index (χ4v) is 2.81. The summed E-state index contributed by atoms with van der Waals surface area (Å²) in [6.45, 7) is 2.32. The molecule has 0 radical (unpaired) electrons. The topological polar surface area (TPSA) is 58.4 Å². The molecule has 0 heterocycles. The molecule has 1 aromatic carbocycles. The molecule has 112 valence electrons. The molecule has 0 saturated carbocycles. The van der Waals surface area contributed by atoms with Gasteiger partial charge in [-0.3, -0.25) is 9.69 Å². The minimum absolute atomic E-state index is 0.126. The predicted molar refractivity (Wildman–Crippen MR) is 84.5 cm³/mol. The minimum Gasteiger partial charge on any atom is -0.399 e. The Kier molecular flexibility index (Phi) is 6.81. The average molecular weight is 299 g/mol. The van der Waals surface area contributed by atoms with Crippen molar-refractivity contribution in [2.24, 2.45) is 0 Å². The van der Waals surface area contributed by atoms with Gasteiger partial charge < -0.3 is 11.1 Å². The second kappa shape index (κ2) is 8.11. The van der Waals surface area contributed by atoms with Crippen LogP contribution < -0.4 is 11.1 Å². The van der Waals surface area contributed by atoms with Gasteiger partial charge in [0.05, 0.1) is 12.2 Å². The largest absolute Gasteiger partial charge is 0.399 e. The van der Waals surface area contributed by atoms with E-state index in [1.807, 2.05) is 18.2 Å². The van der Waals surface area contributed by atoms with E-state index in [1.54, 1.807) is 11.8 Å². The number of nitrogens with zero attached hydrogens (tertiary/aromatic N) is 1. The van der Waals surface area contributed by atoms with Gasteiger partial charge in [-0.05, 0) is 37.9 Å². The molecule has 0 aliphatic rings. The number of amides is 1. The summed E-state index contributed by atoms with van der Waals surface area (Å²) in [5.41, 5.74) is 6.13. The lowest BCUT2D eigenvalue weighted by atomic mass is 10.2. The van der Waals surface area contributed by atoms with Crippen LogP contribution in [0.3, 0.4) is 0 Å². The number of benzene rings is 1. The Hall–Kier alpha value is -1.27. The Labute approximate surface area is 123 Å². The molecule has 0 bridgehead atoms. The number of carbonyl (C=O) groups excluding carboxylic acids is 1. The van der Waals surface area contributed by atoms with Crippen LogP contribution in [0.2, 0.25) is 0 Å². The second-order valence-corrected chi connectivity index (χ2v) is 5.63. The number of nitrogen functional groups attached to an aromatic ring is 1. The molecule has 3 N–H and O–H groups in total. The number of hydrogen-bond acceptors (Lipinski definition) is 4. The maximum Gasteiger partial charge on any atom is 0.238 e. The van der Waals surface area contributed by atoms with Crippen molar-refractivity contribution in [1.29, 1.82) is 0 Å².